The van der Waals surface area contributed by atoms with Gasteiger partial charge in [-0.05, 0) is 27.7 Å². The van der Waals surface area contributed by atoms with Gasteiger partial charge in [-0.25, -0.2) is 4.99 Å². The summed E-state index contributed by atoms with van der Waals surface area (Å²) in [6, 6.07) is 0. The van der Waals surface area contributed by atoms with Crippen LogP contribution in [0, 0.1) is 0 Å². The van der Waals surface area contributed by atoms with Crippen molar-refractivity contribution in [2.24, 2.45) is 4.99 Å². The standard InChI is InChI=1S/C12H26N4O2/c1-6-13-10(17)8-15-11(14-7-2)16-9-12(3,4)18-5/h6-9H2,1-5H3,(H,13,17)(H2,14,15,16). The van der Waals surface area contributed by atoms with Crippen molar-refractivity contribution in [1.82, 2.24) is 16.0 Å². The second-order valence-corrected chi connectivity index (χ2v) is 4.47. The molecule has 0 spiro atoms. The summed E-state index contributed by atoms with van der Waals surface area (Å²) in [6.45, 7) is 9.92. The second kappa shape index (κ2) is 8.74. The van der Waals surface area contributed by atoms with E-state index in [0.717, 1.165) is 6.54 Å². The summed E-state index contributed by atoms with van der Waals surface area (Å²) in [5, 5.41) is 8.92. The van der Waals surface area contributed by atoms with E-state index in [4.69, 9.17) is 4.74 Å². The van der Waals surface area contributed by atoms with Crippen LogP contribution in [0.1, 0.15) is 27.7 Å². The molecular weight excluding hydrogens is 232 g/mol. The second-order valence-electron chi connectivity index (χ2n) is 4.47. The highest BCUT2D eigenvalue weighted by atomic mass is 16.5. The Morgan fingerprint density at radius 2 is 1.78 bits per heavy atom. The Kier molecular flexibility index (Phi) is 8.11. The van der Waals surface area contributed by atoms with Crippen LogP contribution in [-0.4, -0.2) is 50.8 Å². The van der Waals surface area contributed by atoms with Gasteiger partial charge in [0.05, 0.1) is 5.60 Å². The van der Waals surface area contributed by atoms with Crippen LogP contribution in [0.25, 0.3) is 0 Å². The van der Waals surface area contributed by atoms with Gasteiger partial charge < -0.3 is 20.7 Å². The summed E-state index contributed by atoms with van der Waals surface area (Å²) in [5.41, 5.74) is -0.276. The van der Waals surface area contributed by atoms with Crippen molar-refractivity contribution in [3.63, 3.8) is 0 Å². The third-order valence-corrected chi connectivity index (χ3v) is 2.33. The topological polar surface area (TPSA) is 74.8 Å². The highest BCUT2D eigenvalue weighted by Gasteiger charge is 2.16. The van der Waals surface area contributed by atoms with Crippen LogP contribution >= 0.6 is 0 Å². The summed E-state index contributed by atoms with van der Waals surface area (Å²) in [5.74, 6) is 0.537. The molecule has 0 rings (SSSR count). The predicted octanol–water partition coefficient (Wildman–Crippen LogP) is 0.103. The van der Waals surface area contributed by atoms with Gasteiger partial charge >= 0.3 is 0 Å². The molecule has 0 unspecified atom stereocenters. The third kappa shape index (κ3) is 7.89. The van der Waals surface area contributed by atoms with E-state index in [2.05, 4.69) is 20.9 Å². The van der Waals surface area contributed by atoms with Gasteiger partial charge in [0.25, 0.3) is 0 Å². The number of aliphatic imine (C=N–C) groups is 1. The first-order chi connectivity index (χ1) is 8.45. The van der Waals surface area contributed by atoms with Gasteiger partial charge in [-0.2, -0.15) is 0 Å². The van der Waals surface area contributed by atoms with Crippen LogP contribution in [0.2, 0.25) is 0 Å². The molecule has 0 aliphatic heterocycles. The number of likely N-dealkylation sites (N-methyl/N-ethyl adjacent to an activating group) is 1. The molecule has 0 bridgehead atoms. The molecule has 3 N–H and O–H groups in total. The molecule has 0 heterocycles. The lowest BCUT2D eigenvalue weighted by Gasteiger charge is -2.24. The molecule has 106 valence electrons. The smallest absolute Gasteiger partial charge is 0.241 e. The molecule has 0 saturated heterocycles. The molecule has 0 atom stereocenters. The SMILES string of the molecule is CCNC(=O)CN=C(NCC)NCC(C)(C)OC. The van der Waals surface area contributed by atoms with Gasteiger partial charge in [-0.3, -0.25) is 4.79 Å². The summed E-state index contributed by atoms with van der Waals surface area (Å²) >= 11 is 0. The van der Waals surface area contributed by atoms with Gasteiger partial charge in [0, 0.05) is 26.7 Å². The molecule has 0 aromatic rings. The van der Waals surface area contributed by atoms with Crippen LogP contribution in [-0.2, 0) is 9.53 Å². The number of methoxy groups -OCH3 is 1. The van der Waals surface area contributed by atoms with E-state index in [1.54, 1.807) is 7.11 Å². The number of nitrogens with zero attached hydrogens (tertiary/aromatic N) is 1. The number of rotatable bonds is 7. The van der Waals surface area contributed by atoms with Gasteiger partial charge in [0.1, 0.15) is 6.54 Å². The van der Waals surface area contributed by atoms with Crippen LogP contribution in [0.5, 0.6) is 0 Å². The highest BCUT2D eigenvalue weighted by molar-refractivity contribution is 5.84. The van der Waals surface area contributed by atoms with Crippen molar-refractivity contribution in [2.45, 2.75) is 33.3 Å². The monoisotopic (exact) mass is 258 g/mol. The number of carbonyl (C=O) groups excluding carboxylic acids is 1. The minimum Gasteiger partial charge on any atom is -0.377 e. The zero-order valence-electron chi connectivity index (χ0n) is 12.1. The number of nitrogens with one attached hydrogen (secondary N) is 3. The number of hydrogen-bond donors (Lipinski definition) is 3. The maximum absolute atomic E-state index is 11.3. The van der Waals surface area contributed by atoms with Crippen molar-refractivity contribution in [3.05, 3.63) is 0 Å². The average Bonchev–Trinajstić information content (AvgIpc) is 2.33. The first kappa shape index (κ1) is 16.7. The summed E-state index contributed by atoms with van der Waals surface area (Å²) in [6.07, 6.45) is 0. The first-order valence-corrected chi connectivity index (χ1v) is 6.29. The molecular formula is C12H26N4O2. The molecule has 0 aliphatic carbocycles. The van der Waals surface area contributed by atoms with E-state index < -0.39 is 0 Å². The largest absolute Gasteiger partial charge is 0.377 e. The summed E-state index contributed by atoms with van der Waals surface area (Å²) in [7, 11) is 1.67. The minimum atomic E-state index is -0.276. The lowest BCUT2D eigenvalue weighted by atomic mass is 10.1. The number of carbonyl (C=O) groups is 1. The number of hydrogen-bond acceptors (Lipinski definition) is 3. The molecule has 0 saturated carbocycles. The zero-order chi connectivity index (χ0) is 14.0. The number of amides is 1. The minimum absolute atomic E-state index is 0.0827. The zero-order valence-corrected chi connectivity index (χ0v) is 12.1. The number of ether oxygens (including phenoxy) is 1. The lowest BCUT2D eigenvalue weighted by Crippen LogP contribution is -2.45. The Hall–Kier alpha value is -1.30. The van der Waals surface area contributed by atoms with E-state index in [1.165, 1.54) is 0 Å². The molecule has 0 aromatic heterocycles. The van der Waals surface area contributed by atoms with Crippen LogP contribution in [0.3, 0.4) is 0 Å². The fraction of sp³-hybridized carbons (Fsp3) is 0.833. The van der Waals surface area contributed by atoms with E-state index >= 15 is 0 Å². The van der Waals surface area contributed by atoms with E-state index in [-0.39, 0.29) is 18.1 Å². The average molecular weight is 258 g/mol. The Bertz CT molecular complexity index is 277. The summed E-state index contributed by atoms with van der Waals surface area (Å²) < 4.78 is 5.31. The fourth-order valence-electron chi connectivity index (χ4n) is 1.11. The van der Waals surface area contributed by atoms with E-state index in [9.17, 15) is 4.79 Å². The van der Waals surface area contributed by atoms with Gasteiger partial charge in [-0.1, -0.05) is 0 Å². The maximum Gasteiger partial charge on any atom is 0.241 e. The molecule has 18 heavy (non-hydrogen) atoms. The van der Waals surface area contributed by atoms with Crippen LogP contribution in [0.15, 0.2) is 4.99 Å². The third-order valence-electron chi connectivity index (χ3n) is 2.33. The Morgan fingerprint density at radius 3 is 2.28 bits per heavy atom. The molecule has 0 fully saturated rings. The van der Waals surface area contributed by atoms with Crippen molar-refractivity contribution < 1.29 is 9.53 Å². The summed E-state index contributed by atoms with van der Waals surface area (Å²) in [4.78, 5) is 15.5. The molecule has 0 aliphatic rings. The van der Waals surface area contributed by atoms with E-state index in [0.29, 0.717) is 19.0 Å². The van der Waals surface area contributed by atoms with E-state index in [1.807, 2.05) is 27.7 Å². The number of guanidine groups is 1. The maximum atomic E-state index is 11.3. The van der Waals surface area contributed by atoms with Crippen LogP contribution < -0.4 is 16.0 Å². The van der Waals surface area contributed by atoms with Crippen molar-refractivity contribution in [3.8, 4) is 0 Å². The first-order valence-electron chi connectivity index (χ1n) is 6.29. The Balaban J connectivity index is 4.28. The molecule has 6 heteroatoms. The van der Waals surface area contributed by atoms with Gasteiger partial charge in [0.15, 0.2) is 5.96 Å². The quantitative estimate of drug-likeness (QED) is 0.447. The molecule has 0 aromatic carbocycles. The highest BCUT2D eigenvalue weighted by Crippen LogP contribution is 2.04. The normalized spacial score (nSPS) is 12.2. The Labute approximate surface area is 110 Å². The van der Waals surface area contributed by atoms with Crippen molar-refractivity contribution in [2.75, 3.05) is 33.3 Å². The predicted molar refractivity (Wildman–Crippen MR) is 73.8 cm³/mol. The van der Waals surface area contributed by atoms with Crippen molar-refractivity contribution in [1.29, 1.82) is 0 Å². The van der Waals surface area contributed by atoms with Crippen LogP contribution in [0.4, 0.5) is 0 Å². The Morgan fingerprint density at radius 1 is 1.17 bits per heavy atom. The lowest BCUT2D eigenvalue weighted by molar-refractivity contribution is -0.119. The van der Waals surface area contributed by atoms with Gasteiger partial charge in [0.2, 0.25) is 5.91 Å². The van der Waals surface area contributed by atoms with Crippen molar-refractivity contribution >= 4 is 11.9 Å². The molecule has 6 nitrogen and oxygen atoms in total. The molecule has 0 radical (unpaired) electrons. The van der Waals surface area contributed by atoms with Gasteiger partial charge in [-0.15, -0.1) is 0 Å². The molecule has 1 amide bonds. The fourth-order valence-corrected chi connectivity index (χ4v) is 1.11.